The van der Waals surface area contributed by atoms with Crippen molar-refractivity contribution in [1.82, 2.24) is 4.90 Å². The van der Waals surface area contributed by atoms with Gasteiger partial charge in [-0.3, -0.25) is 5.41 Å². The third-order valence-corrected chi connectivity index (χ3v) is 3.21. The van der Waals surface area contributed by atoms with Gasteiger partial charge in [-0.1, -0.05) is 6.92 Å². The van der Waals surface area contributed by atoms with E-state index in [0.717, 1.165) is 24.2 Å². The minimum atomic E-state index is 0.726. The zero-order valence-electron chi connectivity index (χ0n) is 7.26. The molecule has 11 heavy (non-hydrogen) atoms. The molecule has 1 unspecified atom stereocenters. The maximum Gasteiger partial charge on any atom is 0.0926 e. The van der Waals surface area contributed by atoms with E-state index in [0.29, 0.717) is 0 Å². The first-order chi connectivity index (χ1) is 5.24. The predicted octanol–water partition coefficient (Wildman–Crippen LogP) is 1.81. The van der Waals surface area contributed by atoms with Crippen LogP contribution in [0, 0.1) is 5.41 Å². The Kier molecular flexibility index (Phi) is 3.24. The lowest BCUT2D eigenvalue weighted by molar-refractivity contribution is 0.514. The van der Waals surface area contributed by atoms with Gasteiger partial charge in [-0.15, -0.1) is 0 Å². The summed E-state index contributed by atoms with van der Waals surface area (Å²) in [6.07, 6.45) is 1.26. The van der Waals surface area contributed by atoms with E-state index in [1.165, 1.54) is 12.2 Å². The van der Waals surface area contributed by atoms with E-state index in [9.17, 15) is 0 Å². The molecule has 0 aromatic carbocycles. The van der Waals surface area contributed by atoms with Crippen LogP contribution in [0.1, 0.15) is 20.3 Å². The molecule has 0 bridgehead atoms. The van der Waals surface area contributed by atoms with E-state index in [1.807, 2.05) is 18.7 Å². The van der Waals surface area contributed by atoms with Crippen molar-refractivity contribution in [2.75, 3.05) is 18.8 Å². The lowest BCUT2D eigenvalue weighted by atomic mass is 10.4. The Morgan fingerprint density at radius 3 is 2.91 bits per heavy atom. The highest BCUT2D eigenvalue weighted by Gasteiger charge is 2.21. The number of nitrogens with zero attached hydrogens (tertiary/aromatic N) is 1. The highest BCUT2D eigenvalue weighted by molar-refractivity contribution is 7.99. The van der Waals surface area contributed by atoms with Gasteiger partial charge >= 0.3 is 0 Å². The van der Waals surface area contributed by atoms with Crippen molar-refractivity contribution in [2.24, 2.45) is 0 Å². The zero-order valence-corrected chi connectivity index (χ0v) is 8.08. The van der Waals surface area contributed by atoms with Crippen LogP contribution in [0.15, 0.2) is 0 Å². The van der Waals surface area contributed by atoms with Crippen LogP contribution in [0.4, 0.5) is 0 Å². The van der Waals surface area contributed by atoms with Crippen molar-refractivity contribution in [3.8, 4) is 0 Å². The van der Waals surface area contributed by atoms with E-state index in [2.05, 4.69) is 11.8 Å². The average molecular weight is 172 g/mol. The summed E-state index contributed by atoms with van der Waals surface area (Å²) in [4.78, 5) is 2.16. The van der Waals surface area contributed by atoms with Gasteiger partial charge in [0.25, 0.3) is 0 Å². The van der Waals surface area contributed by atoms with Gasteiger partial charge in [0.2, 0.25) is 0 Å². The number of thioether (sulfide) groups is 1. The van der Waals surface area contributed by atoms with Crippen LogP contribution >= 0.6 is 11.8 Å². The normalized spacial score (nSPS) is 24.2. The lowest BCUT2D eigenvalue weighted by Crippen LogP contribution is -2.25. The Hall–Kier alpha value is -0.180. The van der Waals surface area contributed by atoms with Crippen LogP contribution in [-0.4, -0.2) is 34.8 Å². The van der Waals surface area contributed by atoms with Gasteiger partial charge in [-0.2, -0.15) is 11.8 Å². The molecule has 1 heterocycles. The third kappa shape index (κ3) is 2.40. The van der Waals surface area contributed by atoms with E-state index in [1.54, 1.807) is 0 Å². The molecule has 1 rings (SSSR count). The van der Waals surface area contributed by atoms with Crippen molar-refractivity contribution in [3.63, 3.8) is 0 Å². The lowest BCUT2D eigenvalue weighted by Gasteiger charge is -2.15. The zero-order chi connectivity index (χ0) is 8.27. The summed E-state index contributed by atoms with van der Waals surface area (Å²) in [6, 6.07) is 0. The molecule has 0 aliphatic carbocycles. The second kappa shape index (κ2) is 4.00. The number of amidine groups is 1. The highest BCUT2D eigenvalue weighted by atomic mass is 32.2. The molecule has 2 nitrogen and oxygen atoms in total. The molecule has 0 saturated carbocycles. The van der Waals surface area contributed by atoms with E-state index in [4.69, 9.17) is 5.41 Å². The van der Waals surface area contributed by atoms with Crippen molar-refractivity contribution >= 4 is 17.6 Å². The smallest absolute Gasteiger partial charge is 0.0926 e. The van der Waals surface area contributed by atoms with Gasteiger partial charge in [0.05, 0.1) is 5.84 Å². The largest absolute Gasteiger partial charge is 0.360 e. The van der Waals surface area contributed by atoms with E-state index >= 15 is 0 Å². The number of rotatable bonds is 2. The second-order valence-corrected chi connectivity index (χ2v) is 4.47. The van der Waals surface area contributed by atoms with Crippen LogP contribution < -0.4 is 0 Å². The first-order valence-electron chi connectivity index (χ1n) is 4.15. The standard InChI is InChI=1S/C8H16N2S/c1-3-11-8-4-5-10(6-8)7(2)9/h8-9H,3-6H2,1-2H3. The molecule has 0 spiro atoms. The number of likely N-dealkylation sites (tertiary alicyclic amines) is 1. The monoisotopic (exact) mass is 172 g/mol. The topological polar surface area (TPSA) is 27.1 Å². The molecule has 1 saturated heterocycles. The Morgan fingerprint density at radius 1 is 1.73 bits per heavy atom. The summed E-state index contributed by atoms with van der Waals surface area (Å²) < 4.78 is 0. The van der Waals surface area contributed by atoms with Gasteiger partial charge in [-0.05, 0) is 19.1 Å². The third-order valence-electron chi connectivity index (χ3n) is 2.02. The summed E-state index contributed by atoms with van der Waals surface area (Å²) >= 11 is 2.02. The molecular weight excluding hydrogens is 156 g/mol. The SMILES string of the molecule is CCSC1CCN(C(C)=N)C1. The molecular formula is C8H16N2S. The maximum atomic E-state index is 7.43. The van der Waals surface area contributed by atoms with Crippen molar-refractivity contribution in [1.29, 1.82) is 5.41 Å². The molecule has 1 aliphatic rings. The fourth-order valence-corrected chi connectivity index (χ4v) is 2.43. The van der Waals surface area contributed by atoms with Crippen molar-refractivity contribution in [2.45, 2.75) is 25.5 Å². The fraction of sp³-hybridized carbons (Fsp3) is 0.875. The first-order valence-corrected chi connectivity index (χ1v) is 5.20. The number of hydrogen-bond donors (Lipinski definition) is 1. The van der Waals surface area contributed by atoms with Crippen LogP contribution in [0.25, 0.3) is 0 Å². The van der Waals surface area contributed by atoms with Gasteiger partial charge in [-0.25, -0.2) is 0 Å². The summed E-state index contributed by atoms with van der Waals surface area (Å²) in [5.41, 5.74) is 0. The summed E-state index contributed by atoms with van der Waals surface area (Å²) in [6.45, 7) is 6.25. The molecule has 0 amide bonds. The highest BCUT2D eigenvalue weighted by Crippen LogP contribution is 2.21. The molecule has 3 heteroatoms. The first kappa shape index (κ1) is 8.91. The van der Waals surface area contributed by atoms with Gasteiger partial charge in [0.1, 0.15) is 0 Å². The maximum absolute atomic E-state index is 7.43. The summed E-state index contributed by atoms with van der Waals surface area (Å²) in [5.74, 6) is 1.93. The Balaban J connectivity index is 2.29. The van der Waals surface area contributed by atoms with Gasteiger partial charge in [0.15, 0.2) is 0 Å². The Labute approximate surface area is 72.9 Å². The summed E-state index contributed by atoms with van der Waals surface area (Å²) in [7, 11) is 0. The van der Waals surface area contributed by atoms with Crippen LogP contribution in [-0.2, 0) is 0 Å². The quantitative estimate of drug-likeness (QED) is 0.508. The van der Waals surface area contributed by atoms with E-state index in [-0.39, 0.29) is 0 Å². The van der Waals surface area contributed by atoms with Crippen LogP contribution in [0.2, 0.25) is 0 Å². The minimum Gasteiger partial charge on any atom is -0.360 e. The fourth-order valence-electron chi connectivity index (χ4n) is 1.40. The molecule has 0 radical (unpaired) electrons. The molecule has 1 fully saturated rings. The summed E-state index contributed by atoms with van der Waals surface area (Å²) in [5, 5.41) is 8.21. The molecule has 1 N–H and O–H groups in total. The Bertz CT molecular complexity index is 147. The van der Waals surface area contributed by atoms with E-state index < -0.39 is 0 Å². The predicted molar refractivity (Wildman–Crippen MR) is 51.5 cm³/mol. The minimum absolute atomic E-state index is 0.726. The number of nitrogens with one attached hydrogen (secondary N) is 1. The second-order valence-electron chi connectivity index (χ2n) is 2.90. The number of hydrogen-bond acceptors (Lipinski definition) is 2. The molecule has 0 aromatic heterocycles. The molecule has 1 aliphatic heterocycles. The van der Waals surface area contributed by atoms with Crippen molar-refractivity contribution in [3.05, 3.63) is 0 Å². The van der Waals surface area contributed by atoms with Crippen molar-refractivity contribution < 1.29 is 0 Å². The van der Waals surface area contributed by atoms with Crippen LogP contribution in [0.3, 0.4) is 0 Å². The molecule has 64 valence electrons. The Morgan fingerprint density at radius 2 is 2.45 bits per heavy atom. The van der Waals surface area contributed by atoms with Gasteiger partial charge < -0.3 is 4.90 Å². The molecule has 1 atom stereocenters. The van der Waals surface area contributed by atoms with Gasteiger partial charge in [0, 0.05) is 18.3 Å². The van der Waals surface area contributed by atoms with Crippen LogP contribution in [0.5, 0.6) is 0 Å². The average Bonchev–Trinajstić information content (AvgIpc) is 2.37. The molecule has 0 aromatic rings.